The molecule has 21 heavy (non-hydrogen) atoms. The van der Waals surface area contributed by atoms with E-state index in [4.69, 9.17) is 5.73 Å². The van der Waals surface area contributed by atoms with E-state index in [-0.39, 0.29) is 10.6 Å². The topological polar surface area (TPSA) is 78.7 Å². The number of benzene rings is 1. The van der Waals surface area contributed by atoms with Gasteiger partial charge in [-0.2, -0.15) is 0 Å². The normalized spacial score (nSPS) is 25.9. The number of hydrogen-bond donors (Lipinski definition) is 2. The highest BCUT2D eigenvalue weighted by Crippen LogP contribution is 2.30. The molecule has 3 aliphatic rings. The Kier molecular flexibility index (Phi) is 3.81. The molecule has 3 fully saturated rings. The van der Waals surface area contributed by atoms with Gasteiger partial charge in [0.15, 0.2) is 0 Å². The second-order valence-corrected chi connectivity index (χ2v) is 7.55. The van der Waals surface area contributed by atoms with Crippen LogP contribution in [0.2, 0.25) is 0 Å². The summed E-state index contributed by atoms with van der Waals surface area (Å²) < 4.78 is 26.5. The maximum Gasteiger partial charge on any atom is 0.242 e. The lowest BCUT2D eigenvalue weighted by Crippen LogP contribution is -2.38. The molecule has 0 amide bonds. The van der Waals surface area contributed by atoms with Gasteiger partial charge >= 0.3 is 0 Å². The first-order valence-electron chi connectivity index (χ1n) is 7.33. The fraction of sp³-hybridized carbons (Fsp3) is 0.571. The Morgan fingerprint density at radius 3 is 2.57 bits per heavy atom. The number of rotatable bonds is 3. The minimum atomic E-state index is -3.53. The van der Waals surface area contributed by atoms with Gasteiger partial charge in [0.1, 0.15) is 4.90 Å². The van der Waals surface area contributed by atoms with Crippen LogP contribution in [-0.2, 0) is 10.0 Å². The number of fused-ring (bicyclic) bond motifs is 4. The molecule has 0 unspecified atom stereocenters. The van der Waals surface area contributed by atoms with Crippen LogP contribution in [0.1, 0.15) is 12.8 Å². The monoisotopic (exact) mass is 310 g/mol. The van der Waals surface area contributed by atoms with E-state index >= 15 is 0 Å². The van der Waals surface area contributed by atoms with Crippen LogP contribution in [0.4, 0.5) is 11.4 Å². The third-order valence-electron chi connectivity index (χ3n) is 4.54. The average molecular weight is 310 g/mol. The molecule has 0 radical (unpaired) electrons. The van der Waals surface area contributed by atoms with Gasteiger partial charge in [0.05, 0.1) is 5.69 Å². The molecule has 3 heterocycles. The van der Waals surface area contributed by atoms with Crippen molar-refractivity contribution in [3.63, 3.8) is 0 Å². The molecule has 3 saturated heterocycles. The molecule has 6 nitrogen and oxygen atoms in total. The number of piperidine rings is 1. The lowest BCUT2D eigenvalue weighted by molar-refractivity contribution is 0.250. The van der Waals surface area contributed by atoms with Gasteiger partial charge in [0.25, 0.3) is 0 Å². The van der Waals surface area contributed by atoms with Crippen LogP contribution in [-0.4, -0.2) is 52.6 Å². The Balaban J connectivity index is 1.97. The second kappa shape index (κ2) is 5.47. The Hall–Kier alpha value is -1.31. The van der Waals surface area contributed by atoms with Crippen LogP contribution in [0.15, 0.2) is 23.1 Å². The predicted molar refractivity (Wildman–Crippen MR) is 83.9 cm³/mol. The van der Waals surface area contributed by atoms with Crippen LogP contribution in [0.3, 0.4) is 0 Å². The van der Waals surface area contributed by atoms with Gasteiger partial charge in [0, 0.05) is 37.9 Å². The first-order chi connectivity index (χ1) is 10.0. The van der Waals surface area contributed by atoms with Crippen molar-refractivity contribution >= 4 is 21.4 Å². The zero-order valence-corrected chi connectivity index (χ0v) is 13.1. The molecule has 0 aromatic heterocycles. The number of nitrogens with one attached hydrogen (secondary N) is 1. The third-order valence-corrected chi connectivity index (χ3v) is 6.01. The van der Waals surface area contributed by atoms with E-state index in [1.165, 1.54) is 7.05 Å². The van der Waals surface area contributed by atoms with Gasteiger partial charge < -0.3 is 15.5 Å². The van der Waals surface area contributed by atoms with E-state index in [2.05, 4.69) is 14.5 Å². The minimum absolute atomic E-state index is 0.168. The lowest BCUT2D eigenvalue weighted by Gasteiger charge is -2.33. The molecule has 1 aromatic rings. The fourth-order valence-corrected chi connectivity index (χ4v) is 4.14. The second-order valence-electron chi connectivity index (χ2n) is 5.70. The molecule has 1 aromatic carbocycles. The van der Waals surface area contributed by atoms with E-state index in [0.29, 0.717) is 6.04 Å². The van der Waals surface area contributed by atoms with Crippen LogP contribution in [0, 0.1) is 0 Å². The molecule has 3 N–H and O–H groups in total. The number of hydrogen-bond acceptors (Lipinski definition) is 5. The molecular weight excluding hydrogens is 288 g/mol. The number of nitrogens with two attached hydrogens (primary N) is 1. The van der Waals surface area contributed by atoms with Gasteiger partial charge in [-0.3, -0.25) is 0 Å². The van der Waals surface area contributed by atoms with Gasteiger partial charge in [0.2, 0.25) is 10.0 Å². The van der Waals surface area contributed by atoms with Crippen LogP contribution >= 0.6 is 0 Å². The van der Waals surface area contributed by atoms with Crippen molar-refractivity contribution in [3.05, 3.63) is 18.2 Å². The Morgan fingerprint density at radius 1 is 1.19 bits per heavy atom. The summed E-state index contributed by atoms with van der Waals surface area (Å²) in [5, 5.41) is 0. The molecule has 0 aliphatic carbocycles. The Morgan fingerprint density at radius 2 is 1.90 bits per heavy atom. The van der Waals surface area contributed by atoms with Crippen molar-refractivity contribution in [2.75, 3.05) is 43.9 Å². The summed E-state index contributed by atoms with van der Waals surface area (Å²) in [6.07, 6.45) is 2.27. The highest BCUT2D eigenvalue weighted by atomic mass is 32.2. The number of nitrogens with zero attached hydrogens (tertiary/aromatic N) is 2. The number of sulfonamides is 1. The van der Waals surface area contributed by atoms with Crippen molar-refractivity contribution in [2.45, 2.75) is 23.8 Å². The van der Waals surface area contributed by atoms with Gasteiger partial charge in [-0.25, -0.2) is 13.1 Å². The zero-order chi connectivity index (χ0) is 15.0. The van der Waals surface area contributed by atoms with Gasteiger partial charge in [-0.15, -0.1) is 0 Å². The van der Waals surface area contributed by atoms with Crippen molar-refractivity contribution in [2.24, 2.45) is 0 Å². The van der Waals surface area contributed by atoms with Crippen LogP contribution in [0.5, 0.6) is 0 Å². The fourth-order valence-electron chi connectivity index (χ4n) is 3.27. The highest BCUT2D eigenvalue weighted by molar-refractivity contribution is 7.89. The van der Waals surface area contributed by atoms with Gasteiger partial charge in [-0.05, 0) is 38.1 Å². The standard InChI is InChI=1S/C14H22N4O2S/c1-16-21(19,20)14-10-12(2-3-13(14)15)18-9-8-17-6-4-11(18)5-7-17/h2-3,10-11,16H,4-9,15H2,1H3. The molecule has 0 saturated carbocycles. The summed E-state index contributed by atoms with van der Waals surface area (Å²) in [4.78, 5) is 4.97. The number of nitrogen functional groups attached to an aromatic ring is 1. The Labute approximate surface area is 126 Å². The molecule has 0 spiro atoms. The zero-order valence-electron chi connectivity index (χ0n) is 12.2. The van der Waals surface area contributed by atoms with E-state index < -0.39 is 10.0 Å². The molecule has 2 bridgehead atoms. The molecule has 3 aliphatic heterocycles. The average Bonchev–Trinajstić information content (AvgIpc) is 2.81. The maximum absolute atomic E-state index is 12.1. The largest absolute Gasteiger partial charge is 0.398 e. The first-order valence-corrected chi connectivity index (χ1v) is 8.81. The van der Waals surface area contributed by atoms with E-state index in [0.717, 1.165) is 44.7 Å². The minimum Gasteiger partial charge on any atom is -0.398 e. The summed E-state index contributed by atoms with van der Waals surface area (Å²) in [5.41, 5.74) is 7.08. The molecule has 0 atom stereocenters. The van der Waals surface area contributed by atoms with Crippen LogP contribution in [0.25, 0.3) is 0 Å². The van der Waals surface area contributed by atoms with Crippen molar-refractivity contribution in [3.8, 4) is 0 Å². The molecule has 4 rings (SSSR count). The smallest absolute Gasteiger partial charge is 0.242 e. The maximum atomic E-state index is 12.1. The highest BCUT2D eigenvalue weighted by Gasteiger charge is 2.29. The molecule has 7 heteroatoms. The Bertz CT molecular complexity index is 624. The van der Waals surface area contributed by atoms with Crippen LogP contribution < -0.4 is 15.4 Å². The summed E-state index contributed by atoms with van der Waals surface area (Å²) >= 11 is 0. The predicted octanol–water partition coefficient (Wildman–Crippen LogP) is 0.461. The molecule has 116 valence electrons. The summed E-state index contributed by atoms with van der Waals surface area (Å²) in [6.45, 7) is 4.25. The third kappa shape index (κ3) is 2.73. The van der Waals surface area contributed by atoms with Crippen molar-refractivity contribution in [1.82, 2.24) is 9.62 Å². The molecular formula is C14H22N4O2S. The summed E-state index contributed by atoms with van der Waals surface area (Å²) in [7, 11) is -2.12. The lowest BCUT2D eigenvalue weighted by atomic mass is 10.0. The van der Waals surface area contributed by atoms with Gasteiger partial charge in [-0.1, -0.05) is 0 Å². The van der Waals surface area contributed by atoms with Crippen molar-refractivity contribution in [1.29, 1.82) is 0 Å². The van der Waals surface area contributed by atoms with E-state index in [1.807, 2.05) is 6.07 Å². The van der Waals surface area contributed by atoms with Crippen molar-refractivity contribution < 1.29 is 8.42 Å². The quantitative estimate of drug-likeness (QED) is 0.793. The van der Waals surface area contributed by atoms with E-state index in [9.17, 15) is 8.42 Å². The first kappa shape index (κ1) is 14.6. The summed E-state index contributed by atoms with van der Waals surface area (Å²) in [5.74, 6) is 0. The van der Waals surface area contributed by atoms with E-state index in [1.54, 1.807) is 12.1 Å². The number of anilines is 2. The SMILES string of the molecule is CNS(=O)(=O)c1cc(N2CCN3CCC2CC3)ccc1N. The summed E-state index contributed by atoms with van der Waals surface area (Å²) in [6, 6.07) is 5.82.